The van der Waals surface area contributed by atoms with E-state index in [1.165, 1.54) is 0 Å². The van der Waals surface area contributed by atoms with Crippen molar-refractivity contribution in [1.29, 1.82) is 0 Å². The van der Waals surface area contributed by atoms with E-state index in [1.54, 1.807) is 0 Å². The predicted octanol–water partition coefficient (Wildman–Crippen LogP) is 10.5. The first-order chi connectivity index (χ1) is 26.6. The monoisotopic (exact) mass is 629 g/mol. The van der Waals surface area contributed by atoms with Gasteiger partial charge in [0.15, 0.2) is 11.6 Å². The van der Waals surface area contributed by atoms with Crippen LogP contribution in [0.3, 0.4) is 0 Å². The molecule has 220 valence electrons. The Morgan fingerprint density at radius 3 is 2.09 bits per heavy atom. The SMILES string of the molecule is [2H]c1c([2H])c([2H])c(-c2nc3c([2H])c([2H])c([2H])c(-c4nc(-c5ccc6c(c5)oc5ccccc56)nc(-n5c6ccccc6c6ccccc65)n4)c3s2)c([2H])c1[2H]. The molecule has 4 heterocycles. The zero-order valence-electron chi connectivity index (χ0n) is 32.2. The van der Waals surface area contributed by atoms with Crippen LogP contribution in [0.15, 0.2) is 144 Å². The zero-order chi connectivity index (χ0) is 37.9. The molecule has 4 aromatic heterocycles. The number of para-hydroxylation sites is 3. The first-order valence-electron chi connectivity index (χ1n) is 18.7. The summed E-state index contributed by atoms with van der Waals surface area (Å²) in [5.41, 5.74) is 3.61. The quantitative estimate of drug-likeness (QED) is 0.194. The van der Waals surface area contributed by atoms with Crippen LogP contribution in [0.1, 0.15) is 11.0 Å². The molecular weight excluding hydrogens is 599 g/mol. The average molecular weight is 630 g/mol. The molecule has 6 aromatic carbocycles. The van der Waals surface area contributed by atoms with Crippen molar-refractivity contribution in [2.24, 2.45) is 0 Å². The number of hydrogen-bond donors (Lipinski definition) is 0. The van der Waals surface area contributed by atoms with E-state index in [9.17, 15) is 1.37 Å². The smallest absolute Gasteiger partial charge is 0.238 e. The lowest BCUT2D eigenvalue weighted by Gasteiger charge is -2.11. The molecular formula is C40H23N5OS. The Hall–Kier alpha value is -6.18. The highest BCUT2D eigenvalue weighted by Gasteiger charge is 2.20. The van der Waals surface area contributed by atoms with Crippen LogP contribution in [0.5, 0.6) is 0 Å². The molecule has 0 fully saturated rings. The van der Waals surface area contributed by atoms with Gasteiger partial charge in [0.05, 0.1) is 32.2 Å². The Balaban J connectivity index is 1.29. The molecule has 0 saturated heterocycles. The molecule has 0 bridgehead atoms. The predicted molar refractivity (Wildman–Crippen MR) is 191 cm³/mol. The van der Waals surface area contributed by atoms with Gasteiger partial charge in [-0.05, 0) is 42.4 Å². The maximum absolute atomic E-state index is 9.19. The Morgan fingerprint density at radius 2 is 1.28 bits per heavy atom. The summed E-state index contributed by atoms with van der Waals surface area (Å²) in [4.78, 5) is 19.5. The largest absolute Gasteiger partial charge is 0.456 e. The minimum Gasteiger partial charge on any atom is -0.456 e. The van der Waals surface area contributed by atoms with Gasteiger partial charge >= 0.3 is 0 Å². The number of benzene rings is 6. The number of aromatic nitrogens is 5. The summed E-state index contributed by atoms with van der Waals surface area (Å²) < 4.78 is 76.9. The molecule has 10 aromatic rings. The van der Waals surface area contributed by atoms with Crippen LogP contribution in [0.4, 0.5) is 0 Å². The van der Waals surface area contributed by atoms with E-state index in [0.29, 0.717) is 11.1 Å². The van der Waals surface area contributed by atoms with Crippen LogP contribution in [0.25, 0.3) is 93.3 Å². The number of rotatable bonds is 4. The second-order valence-corrected chi connectivity index (χ2v) is 11.9. The van der Waals surface area contributed by atoms with E-state index < -0.39 is 36.3 Å². The molecule has 0 radical (unpaired) electrons. The van der Waals surface area contributed by atoms with Crippen molar-refractivity contribution in [3.8, 4) is 39.3 Å². The third-order valence-electron chi connectivity index (χ3n) is 8.20. The van der Waals surface area contributed by atoms with Crippen molar-refractivity contribution in [3.63, 3.8) is 0 Å². The molecule has 0 aliphatic heterocycles. The minimum atomic E-state index is -0.542. The summed E-state index contributed by atoms with van der Waals surface area (Å²) in [5.74, 6) is 0.534. The normalized spacial score (nSPS) is 14.2. The van der Waals surface area contributed by atoms with Gasteiger partial charge in [-0.2, -0.15) is 9.97 Å². The highest BCUT2D eigenvalue weighted by atomic mass is 32.1. The molecule has 0 amide bonds. The fourth-order valence-electron chi connectivity index (χ4n) is 6.11. The van der Waals surface area contributed by atoms with Gasteiger partial charge in [0.25, 0.3) is 0 Å². The first-order valence-corrected chi connectivity index (χ1v) is 15.6. The van der Waals surface area contributed by atoms with Crippen molar-refractivity contribution in [1.82, 2.24) is 24.5 Å². The molecule has 6 nitrogen and oxygen atoms in total. The second-order valence-electron chi connectivity index (χ2n) is 10.9. The minimum absolute atomic E-state index is 0.0203. The van der Waals surface area contributed by atoms with Gasteiger partial charge in [0.1, 0.15) is 16.2 Å². The fourth-order valence-corrected chi connectivity index (χ4v) is 7.09. The van der Waals surface area contributed by atoms with Crippen molar-refractivity contribution >= 4 is 65.3 Å². The Morgan fingerprint density at radius 1 is 0.574 bits per heavy atom. The summed E-state index contributed by atoms with van der Waals surface area (Å²) in [7, 11) is 0. The molecule has 7 heteroatoms. The maximum Gasteiger partial charge on any atom is 0.238 e. The third kappa shape index (κ3) is 4.10. The third-order valence-corrected chi connectivity index (χ3v) is 9.29. The highest BCUT2D eigenvalue weighted by Crippen LogP contribution is 2.38. The molecule has 47 heavy (non-hydrogen) atoms. The lowest BCUT2D eigenvalue weighted by molar-refractivity contribution is 0.669. The Labute approximate surface area is 283 Å². The first kappa shape index (κ1) is 19.4. The summed E-state index contributed by atoms with van der Waals surface area (Å²) >= 11 is 0.950. The van der Waals surface area contributed by atoms with E-state index in [0.717, 1.165) is 49.5 Å². The number of furan rings is 1. The van der Waals surface area contributed by atoms with Crippen LogP contribution in [-0.2, 0) is 0 Å². The average Bonchev–Trinajstić information content (AvgIpc) is 3.90. The Kier molecular flexibility index (Phi) is 4.19. The molecule has 0 aliphatic carbocycles. The summed E-state index contributed by atoms with van der Waals surface area (Å²) in [6.07, 6.45) is 0. The van der Waals surface area contributed by atoms with Gasteiger partial charge in [-0.25, -0.2) is 9.97 Å². The van der Waals surface area contributed by atoms with Crippen LogP contribution in [0.2, 0.25) is 0 Å². The van der Waals surface area contributed by atoms with E-state index in [-0.39, 0.29) is 56.0 Å². The lowest BCUT2D eigenvalue weighted by Crippen LogP contribution is -2.06. The van der Waals surface area contributed by atoms with E-state index in [2.05, 4.69) is 4.98 Å². The number of hydrogen-bond acceptors (Lipinski definition) is 6. The topological polar surface area (TPSA) is 69.6 Å². The number of nitrogens with zero attached hydrogens (tertiary/aromatic N) is 5. The fraction of sp³-hybridized carbons (Fsp3) is 0. The molecule has 0 aliphatic rings. The van der Waals surface area contributed by atoms with Gasteiger partial charge < -0.3 is 4.42 Å². The maximum atomic E-state index is 9.19. The standard InChI is InChI=1S/C40H23N5OS/c1-2-11-24(12-3-1)39-41-31-17-10-16-30(36(31)47-39)38-42-37(25-21-22-29-28-15-6-9-20-34(28)46-35(29)23-25)43-40(44-38)45-32-18-7-4-13-26(32)27-14-5-8-19-33(27)45/h1-23H/i1D,2D,3D,10D,11D,12D,16D,17D. The van der Waals surface area contributed by atoms with Gasteiger partial charge in [0, 0.05) is 38.2 Å². The van der Waals surface area contributed by atoms with Crippen molar-refractivity contribution in [2.45, 2.75) is 0 Å². The Bertz CT molecular complexity index is 3200. The molecule has 0 N–H and O–H groups in total. The summed E-state index contributed by atoms with van der Waals surface area (Å²) in [6.45, 7) is 0. The molecule has 10 rings (SSSR count). The molecule has 0 saturated carbocycles. The van der Waals surface area contributed by atoms with E-state index in [4.69, 9.17) is 29.0 Å². The van der Waals surface area contributed by atoms with Crippen LogP contribution in [0, 0.1) is 0 Å². The van der Waals surface area contributed by atoms with Gasteiger partial charge in [-0.3, -0.25) is 4.57 Å². The van der Waals surface area contributed by atoms with Gasteiger partial charge in [0.2, 0.25) is 5.95 Å². The summed E-state index contributed by atoms with van der Waals surface area (Å²) in [5, 5.41) is 3.88. The lowest BCUT2D eigenvalue weighted by atomic mass is 10.1. The highest BCUT2D eigenvalue weighted by molar-refractivity contribution is 7.22. The van der Waals surface area contributed by atoms with Gasteiger partial charge in [-0.1, -0.05) is 96.9 Å². The summed E-state index contributed by atoms with van der Waals surface area (Å²) in [6, 6.07) is 25.6. The van der Waals surface area contributed by atoms with Gasteiger partial charge in [-0.15, -0.1) is 11.3 Å². The second kappa shape index (κ2) is 10.2. The van der Waals surface area contributed by atoms with Crippen LogP contribution < -0.4 is 0 Å². The van der Waals surface area contributed by atoms with Crippen LogP contribution in [-0.4, -0.2) is 24.5 Å². The number of thiazole rings is 1. The number of fused-ring (bicyclic) bond motifs is 7. The van der Waals surface area contributed by atoms with Crippen molar-refractivity contribution in [3.05, 3.63) is 139 Å². The molecule has 0 unspecified atom stereocenters. The van der Waals surface area contributed by atoms with E-state index in [1.807, 2.05) is 95.6 Å². The molecule has 0 atom stereocenters. The van der Waals surface area contributed by atoms with Crippen molar-refractivity contribution in [2.75, 3.05) is 0 Å². The zero-order valence-corrected chi connectivity index (χ0v) is 25.0. The van der Waals surface area contributed by atoms with Crippen LogP contribution >= 0.6 is 11.3 Å². The molecule has 0 spiro atoms. The van der Waals surface area contributed by atoms with E-state index >= 15 is 0 Å². The van der Waals surface area contributed by atoms with Crippen molar-refractivity contribution < 1.29 is 15.4 Å².